The van der Waals surface area contributed by atoms with E-state index in [1.54, 1.807) is 11.3 Å². The lowest BCUT2D eigenvalue weighted by Crippen LogP contribution is -2.19. The first-order valence-corrected chi connectivity index (χ1v) is 6.47. The molecule has 15 heavy (non-hydrogen) atoms. The van der Waals surface area contributed by atoms with Gasteiger partial charge in [-0.2, -0.15) is 0 Å². The standard InChI is InChI=1S/C11H21N3S/c1-12-6-4-3-5-7-14(2)8-11-9-15-10-13-11/h9-10,12H,3-8H2,1-2H3. The molecule has 0 saturated carbocycles. The molecule has 0 aliphatic heterocycles. The summed E-state index contributed by atoms with van der Waals surface area (Å²) in [7, 11) is 4.17. The molecule has 86 valence electrons. The molecule has 0 unspecified atom stereocenters. The van der Waals surface area contributed by atoms with Crippen molar-refractivity contribution in [2.75, 3.05) is 27.2 Å². The number of nitrogens with one attached hydrogen (secondary N) is 1. The highest BCUT2D eigenvalue weighted by Gasteiger charge is 2.01. The summed E-state index contributed by atoms with van der Waals surface area (Å²) in [5.41, 5.74) is 3.09. The number of nitrogens with zero attached hydrogens (tertiary/aromatic N) is 2. The van der Waals surface area contributed by atoms with E-state index in [1.807, 2.05) is 12.6 Å². The van der Waals surface area contributed by atoms with E-state index in [2.05, 4.69) is 27.6 Å². The van der Waals surface area contributed by atoms with Crippen molar-refractivity contribution in [1.29, 1.82) is 0 Å². The largest absolute Gasteiger partial charge is 0.320 e. The molecule has 1 heterocycles. The second kappa shape index (κ2) is 7.79. The van der Waals surface area contributed by atoms with Gasteiger partial charge in [-0.05, 0) is 40.0 Å². The number of thiazole rings is 1. The van der Waals surface area contributed by atoms with Crippen molar-refractivity contribution in [2.45, 2.75) is 25.8 Å². The van der Waals surface area contributed by atoms with Gasteiger partial charge in [-0.15, -0.1) is 11.3 Å². The fourth-order valence-electron chi connectivity index (χ4n) is 1.53. The maximum Gasteiger partial charge on any atom is 0.0795 e. The topological polar surface area (TPSA) is 28.2 Å². The number of unbranched alkanes of at least 4 members (excludes halogenated alkanes) is 2. The van der Waals surface area contributed by atoms with Crippen LogP contribution in [-0.4, -0.2) is 37.1 Å². The maximum absolute atomic E-state index is 4.28. The molecule has 0 aliphatic rings. The number of aromatic nitrogens is 1. The van der Waals surface area contributed by atoms with Crippen LogP contribution in [0.15, 0.2) is 10.9 Å². The van der Waals surface area contributed by atoms with Crippen molar-refractivity contribution in [2.24, 2.45) is 0 Å². The second-order valence-electron chi connectivity index (χ2n) is 3.88. The molecule has 0 spiro atoms. The molecule has 0 aliphatic carbocycles. The van der Waals surface area contributed by atoms with Crippen molar-refractivity contribution in [3.8, 4) is 0 Å². The maximum atomic E-state index is 4.28. The molecule has 0 amide bonds. The van der Waals surface area contributed by atoms with Gasteiger partial charge in [0, 0.05) is 11.9 Å². The molecule has 1 N–H and O–H groups in total. The third kappa shape index (κ3) is 5.87. The van der Waals surface area contributed by atoms with Gasteiger partial charge in [0.25, 0.3) is 0 Å². The smallest absolute Gasteiger partial charge is 0.0795 e. The lowest BCUT2D eigenvalue weighted by molar-refractivity contribution is 0.314. The molecule has 1 rings (SSSR count). The molecule has 1 aromatic rings. The zero-order chi connectivity index (χ0) is 10.9. The number of hydrogen-bond donors (Lipinski definition) is 1. The fraction of sp³-hybridized carbons (Fsp3) is 0.727. The van der Waals surface area contributed by atoms with E-state index in [0.717, 1.165) is 13.1 Å². The Morgan fingerprint density at radius 2 is 2.27 bits per heavy atom. The summed E-state index contributed by atoms with van der Waals surface area (Å²) in [6, 6.07) is 0. The monoisotopic (exact) mass is 227 g/mol. The van der Waals surface area contributed by atoms with E-state index in [-0.39, 0.29) is 0 Å². The second-order valence-corrected chi connectivity index (χ2v) is 4.60. The first-order valence-electron chi connectivity index (χ1n) is 5.53. The summed E-state index contributed by atoms with van der Waals surface area (Å²) < 4.78 is 0. The van der Waals surface area contributed by atoms with Crippen molar-refractivity contribution >= 4 is 11.3 Å². The Balaban J connectivity index is 2.01. The van der Waals surface area contributed by atoms with Crippen LogP contribution in [0.3, 0.4) is 0 Å². The summed E-state index contributed by atoms with van der Waals surface area (Å²) in [5, 5.41) is 5.29. The molecule has 0 atom stereocenters. The van der Waals surface area contributed by atoms with Crippen LogP contribution in [0.25, 0.3) is 0 Å². The SMILES string of the molecule is CNCCCCCN(C)Cc1cscn1. The van der Waals surface area contributed by atoms with Crippen LogP contribution in [0.4, 0.5) is 0 Å². The Labute approximate surface area is 96.5 Å². The van der Waals surface area contributed by atoms with Gasteiger partial charge in [-0.1, -0.05) is 6.42 Å². The van der Waals surface area contributed by atoms with Crippen molar-refractivity contribution in [3.05, 3.63) is 16.6 Å². The van der Waals surface area contributed by atoms with Gasteiger partial charge in [0.15, 0.2) is 0 Å². The van der Waals surface area contributed by atoms with Crippen LogP contribution in [0.5, 0.6) is 0 Å². The summed E-state index contributed by atoms with van der Waals surface area (Å²) in [6.07, 6.45) is 3.87. The van der Waals surface area contributed by atoms with Gasteiger partial charge in [-0.25, -0.2) is 4.98 Å². The zero-order valence-corrected chi connectivity index (χ0v) is 10.5. The predicted octanol–water partition coefficient (Wildman–Crippen LogP) is 1.96. The van der Waals surface area contributed by atoms with Gasteiger partial charge in [0.2, 0.25) is 0 Å². The summed E-state index contributed by atoms with van der Waals surface area (Å²) in [6.45, 7) is 3.28. The lowest BCUT2D eigenvalue weighted by atomic mass is 10.2. The van der Waals surface area contributed by atoms with Crippen LogP contribution >= 0.6 is 11.3 Å². The average molecular weight is 227 g/mol. The Morgan fingerprint density at radius 1 is 1.40 bits per heavy atom. The van der Waals surface area contributed by atoms with Gasteiger partial charge >= 0.3 is 0 Å². The van der Waals surface area contributed by atoms with Crippen molar-refractivity contribution < 1.29 is 0 Å². The van der Waals surface area contributed by atoms with Crippen molar-refractivity contribution in [3.63, 3.8) is 0 Å². The van der Waals surface area contributed by atoms with Crippen LogP contribution in [0.2, 0.25) is 0 Å². The third-order valence-corrected chi connectivity index (χ3v) is 3.02. The minimum Gasteiger partial charge on any atom is -0.320 e. The summed E-state index contributed by atoms with van der Waals surface area (Å²) in [5.74, 6) is 0. The Bertz CT molecular complexity index is 236. The van der Waals surface area contributed by atoms with Crippen LogP contribution < -0.4 is 5.32 Å². The van der Waals surface area contributed by atoms with Gasteiger partial charge in [0.1, 0.15) is 0 Å². The molecule has 0 fully saturated rings. The zero-order valence-electron chi connectivity index (χ0n) is 9.70. The molecule has 0 bridgehead atoms. The molecule has 3 nitrogen and oxygen atoms in total. The van der Waals surface area contributed by atoms with Gasteiger partial charge in [0.05, 0.1) is 11.2 Å². The molecule has 4 heteroatoms. The van der Waals surface area contributed by atoms with E-state index < -0.39 is 0 Å². The number of rotatable bonds is 8. The first kappa shape index (κ1) is 12.6. The highest BCUT2D eigenvalue weighted by atomic mass is 32.1. The van der Waals surface area contributed by atoms with E-state index in [9.17, 15) is 0 Å². The molecule has 0 radical (unpaired) electrons. The minimum absolute atomic E-state index is 0.982. The molecule has 1 aromatic heterocycles. The normalized spacial score (nSPS) is 11.1. The highest BCUT2D eigenvalue weighted by molar-refractivity contribution is 7.07. The third-order valence-electron chi connectivity index (χ3n) is 2.38. The average Bonchev–Trinajstić information content (AvgIpc) is 2.70. The Morgan fingerprint density at radius 3 is 2.93 bits per heavy atom. The quantitative estimate of drug-likeness (QED) is 0.688. The summed E-state index contributed by atoms with van der Waals surface area (Å²) >= 11 is 1.67. The Hall–Kier alpha value is -0.450. The van der Waals surface area contributed by atoms with Gasteiger partial charge < -0.3 is 10.2 Å². The lowest BCUT2D eigenvalue weighted by Gasteiger charge is -2.14. The van der Waals surface area contributed by atoms with Gasteiger partial charge in [-0.3, -0.25) is 0 Å². The minimum atomic E-state index is 0.982. The molecule has 0 aromatic carbocycles. The fourth-order valence-corrected chi connectivity index (χ4v) is 2.08. The molecular weight excluding hydrogens is 206 g/mol. The van der Waals surface area contributed by atoms with Crippen LogP contribution in [0.1, 0.15) is 25.0 Å². The van der Waals surface area contributed by atoms with E-state index in [4.69, 9.17) is 0 Å². The first-order chi connectivity index (χ1) is 7.33. The highest BCUT2D eigenvalue weighted by Crippen LogP contribution is 2.05. The van der Waals surface area contributed by atoms with E-state index >= 15 is 0 Å². The van der Waals surface area contributed by atoms with Crippen LogP contribution in [-0.2, 0) is 6.54 Å². The predicted molar refractivity (Wildman–Crippen MR) is 66.2 cm³/mol. The number of hydrogen-bond acceptors (Lipinski definition) is 4. The Kier molecular flexibility index (Phi) is 6.55. The van der Waals surface area contributed by atoms with E-state index in [0.29, 0.717) is 0 Å². The molecule has 0 saturated heterocycles. The van der Waals surface area contributed by atoms with E-state index in [1.165, 1.54) is 31.5 Å². The summed E-state index contributed by atoms with van der Waals surface area (Å²) in [4.78, 5) is 6.62. The van der Waals surface area contributed by atoms with Crippen molar-refractivity contribution in [1.82, 2.24) is 15.2 Å². The van der Waals surface area contributed by atoms with Crippen LogP contribution in [0, 0.1) is 0 Å². The molecular formula is C11H21N3S.